The third kappa shape index (κ3) is 2.27. The number of nitrogens with one attached hydrogen (secondary N) is 2. The van der Waals surface area contributed by atoms with Crippen molar-refractivity contribution in [3.05, 3.63) is 11.9 Å². The number of nitrogens with two attached hydrogens (primary N) is 1. The molecule has 1 amide bonds. The molecule has 0 aliphatic carbocycles. The fourth-order valence-electron chi connectivity index (χ4n) is 0.569. The lowest BCUT2D eigenvalue weighted by Crippen LogP contribution is -2.32. The Labute approximate surface area is 73.5 Å². The summed E-state index contributed by atoms with van der Waals surface area (Å²) >= 11 is 4.56. The van der Waals surface area contributed by atoms with E-state index in [1.165, 1.54) is 6.20 Å². The van der Waals surface area contributed by atoms with Crippen LogP contribution >= 0.6 is 12.2 Å². The van der Waals surface area contributed by atoms with Crippen molar-refractivity contribution in [1.29, 1.82) is 0 Å². The van der Waals surface area contributed by atoms with Gasteiger partial charge >= 0.3 is 0 Å². The molecule has 0 saturated heterocycles. The highest BCUT2D eigenvalue weighted by molar-refractivity contribution is 7.80. The first-order chi connectivity index (χ1) is 5.70. The van der Waals surface area contributed by atoms with Gasteiger partial charge in [0.15, 0.2) is 5.69 Å². The summed E-state index contributed by atoms with van der Waals surface area (Å²) in [5.74, 6) is -0.350. The normalized spacial score (nSPS) is 9.33. The number of carbonyl (C=O) groups excluding carboxylic acids is 1. The second-order valence-electron chi connectivity index (χ2n) is 2.00. The third-order valence-electron chi connectivity index (χ3n) is 1.07. The summed E-state index contributed by atoms with van der Waals surface area (Å²) < 4.78 is 0. The molecule has 64 valence electrons. The van der Waals surface area contributed by atoms with Gasteiger partial charge in [-0.2, -0.15) is 15.4 Å². The van der Waals surface area contributed by atoms with E-state index in [-0.39, 0.29) is 23.1 Å². The second kappa shape index (κ2) is 3.77. The van der Waals surface area contributed by atoms with Crippen LogP contribution in [0.25, 0.3) is 0 Å². The highest BCUT2D eigenvalue weighted by Gasteiger charge is 2.06. The first kappa shape index (κ1) is 8.60. The summed E-state index contributed by atoms with van der Waals surface area (Å²) in [6.07, 6.45) is 1.31. The number of hydrogen-bond acceptors (Lipinski definition) is 4. The Morgan fingerprint density at radius 2 is 2.58 bits per heavy atom. The van der Waals surface area contributed by atoms with E-state index in [1.807, 2.05) is 0 Å². The number of amides is 1. The highest BCUT2D eigenvalue weighted by atomic mass is 32.1. The van der Waals surface area contributed by atoms with E-state index in [4.69, 9.17) is 5.73 Å². The van der Waals surface area contributed by atoms with Gasteiger partial charge in [-0.05, 0) is 0 Å². The smallest absolute Gasteiger partial charge is 0.273 e. The van der Waals surface area contributed by atoms with Crippen LogP contribution in [0.5, 0.6) is 0 Å². The van der Waals surface area contributed by atoms with E-state index in [2.05, 4.69) is 32.9 Å². The largest absolute Gasteiger partial charge is 0.392 e. The van der Waals surface area contributed by atoms with Gasteiger partial charge < -0.3 is 11.1 Å². The Bertz CT molecular complexity index is 282. The van der Waals surface area contributed by atoms with Crippen molar-refractivity contribution in [1.82, 2.24) is 20.7 Å². The number of aromatic amines is 1. The summed E-state index contributed by atoms with van der Waals surface area (Å²) in [6.45, 7) is 0.168. The molecule has 0 aliphatic heterocycles. The van der Waals surface area contributed by atoms with E-state index in [1.54, 1.807) is 0 Å². The van der Waals surface area contributed by atoms with Crippen LogP contribution < -0.4 is 11.1 Å². The van der Waals surface area contributed by atoms with Crippen LogP contribution in [0.2, 0.25) is 0 Å². The first-order valence-electron chi connectivity index (χ1n) is 3.12. The lowest BCUT2D eigenvalue weighted by atomic mass is 10.4. The van der Waals surface area contributed by atoms with Crippen molar-refractivity contribution in [3.63, 3.8) is 0 Å². The molecule has 1 rings (SSSR count). The van der Waals surface area contributed by atoms with Crippen molar-refractivity contribution in [3.8, 4) is 0 Å². The van der Waals surface area contributed by atoms with Crippen LogP contribution in [0.15, 0.2) is 6.20 Å². The summed E-state index contributed by atoms with van der Waals surface area (Å²) in [5, 5.41) is 11.8. The summed E-state index contributed by atoms with van der Waals surface area (Å²) in [7, 11) is 0. The molecule has 1 aromatic rings. The zero-order chi connectivity index (χ0) is 8.97. The van der Waals surface area contributed by atoms with Gasteiger partial charge in [0.25, 0.3) is 5.91 Å². The molecular formula is C5H7N5OS. The molecule has 12 heavy (non-hydrogen) atoms. The lowest BCUT2D eigenvalue weighted by Gasteiger charge is -1.98. The molecule has 0 bridgehead atoms. The first-order valence-corrected chi connectivity index (χ1v) is 3.53. The molecule has 0 radical (unpaired) electrons. The van der Waals surface area contributed by atoms with E-state index >= 15 is 0 Å². The summed E-state index contributed by atoms with van der Waals surface area (Å²) in [5.41, 5.74) is 5.38. The molecule has 1 aromatic heterocycles. The molecule has 4 N–H and O–H groups in total. The van der Waals surface area contributed by atoms with E-state index in [0.29, 0.717) is 0 Å². The number of H-pyrrole nitrogens is 1. The fraction of sp³-hybridized carbons (Fsp3) is 0.200. The number of rotatable bonds is 3. The Hall–Kier alpha value is -1.50. The number of aromatic nitrogens is 3. The zero-order valence-corrected chi connectivity index (χ0v) is 6.89. The second-order valence-corrected chi connectivity index (χ2v) is 2.53. The van der Waals surface area contributed by atoms with Gasteiger partial charge in [-0.25, -0.2) is 0 Å². The molecule has 0 atom stereocenters. The molecule has 7 heteroatoms. The van der Waals surface area contributed by atoms with Crippen molar-refractivity contribution in [2.45, 2.75) is 0 Å². The van der Waals surface area contributed by atoms with Crippen molar-refractivity contribution in [2.75, 3.05) is 6.54 Å². The quantitative estimate of drug-likeness (QED) is 0.515. The Morgan fingerprint density at radius 3 is 3.08 bits per heavy atom. The Balaban J connectivity index is 2.45. The van der Waals surface area contributed by atoms with Gasteiger partial charge in [0.1, 0.15) is 0 Å². The van der Waals surface area contributed by atoms with Crippen LogP contribution in [0.4, 0.5) is 0 Å². The summed E-state index contributed by atoms with van der Waals surface area (Å²) in [6, 6.07) is 0. The van der Waals surface area contributed by atoms with Crippen LogP contribution in [0.1, 0.15) is 10.5 Å². The number of thiocarbonyl (C=S) groups is 1. The SMILES string of the molecule is NC(=S)CNC(=O)c1cn[nH]n1. The lowest BCUT2D eigenvalue weighted by molar-refractivity contribution is 0.0954. The standard InChI is InChI=1S/C5H7N5OS/c6-4(12)2-7-5(11)3-1-8-10-9-3/h1H,2H2,(H2,6,12)(H,7,11)(H,8,9,10). The van der Waals surface area contributed by atoms with Gasteiger partial charge in [-0.1, -0.05) is 12.2 Å². The van der Waals surface area contributed by atoms with E-state index in [0.717, 1.165) is 0 Å². The average molecular weight is 185 g/mol. The minimum Gasteiger partial charge on any atom is -0.392 e. The van der Waals surface area contributed by atoms with Crippen LogP contribution in [0, 0.1) is 0 Å². The number of carbonyl (C=O) groups is 1. The van der Waals surface area contributed by atoms with Crippen molar-refractivity contribution >= 4 is 23.1 Å². The maximum Gasteiger partial charge on any atom is 0.273 e. The Kier molecular flexibility index (Phi) is 2.70. The minimum absolute atomic E-state index is 0.168. The molecule has 6 nitrogen and oxygen atoms in total. The topological polar surface area (TPSA) is 96.7 Å². The maximum atomic E-state index is 11.1. The molecule has 0 aliphatic rings. The van der Waals surface area contributed by atoms with Gasteiger partial charge in [0.05, 0.1) is 17.7 Å². The van der Waals surface area contributed by atoms with E-state index < -0.39 is 0 Å². The van der Waals surface area contributed by atoms with Crippen LogP contribution in [-0.2, 0) is 0 Å². The third-order valence-corrected chi connectivity index (χ3v) is 1.22. The average Bonchev–Trinajstić information content (AvgIpc) is 2.51. The predicted molar refractivity (Wildman–Crippen MR) is 45.5 cm³/mol. The monoisotopic (exact) mass is 185 g/mol. The van der Waals surface area contributed by atoms with Crippen LogP contribution in [-0.4, -0.2) is 32.9 Å². The van der Waals surface area contributed by atoms with Gasteiger partial charge in [-0.3, -0.25) is 4.79 Å². The minimum atomic E-state index is -0.350. The molecule has 0 aromatic carbocycles. The van der Waals surface area contributed by atoms with Crippen molar-refractivity contribution in [2.24, 2.45) is 5.73 Å². The molecule has 0 spiro atoms. The van der Waals surface area contributed by atoms with E-state index in [9.17, 15) is 4.79 Å². The number of nitrogens with zero attached hydrogens (tertiary/aromatic N) is 2. The molecule has 1 heterocycles. The zero-order valence-electron chi connectivity index (χ0n) is 6.07. The summed E-state index contributed by atoms with van der Waals surface area (Å²) in [4.78, 5) is 11.3. The number of hydrogen-bond donors (Lipinski definition) is 3. The van der Waals surface area contributed by atoms with Gasteiger partial charge in [0.2, 0.25) is 0 Å². The molecular weight excluding hydrogens is 178 g/mol. The molecule has 0 saturated carbocycles. The highest BCUT2D eigenvalue weighted by Crippen LogP contribution is 1.86. The fourth-order valence-corrected chi connectivity index (χ4v) is 0.641. The van der Waals surface area contributed by atoms with Gasteiger partial charge in [0, 0.05) is 0 Å². The molecule has 0 unspecified atom stereocenters. The Morgan fingerprint density at radius 1 is 1.83 bits per heavy atom. The molecule has 0 fully saturated rings. The van der Waals surface area contributed by atoms with Crippen molar-refractivity contribution < 1.29 is 4.79 Å². The maximum absolute atomic E-state index is 11.1. The predicted octanol–water partition coefficient (Wildman–Crippen LogP) is -1.18. The van der Waals surface area contributed by atoms with Crippen LogP contribution in [0.3, 0.4) is 0 Å². The van der Waals surface area contributed by atoms with Gasteiger partial charge in [-0.15, -0.1) is 0 Å².